The molecule has 1 aromatic rings. The maximum absolute atomic E-state index is 11.9. The summed E-state index contributed by atoms with van der Waals surface area (Å²) in [5, 5.41) is 0. The Bertz CT molecular complexity index is 510. The van der Waals surface area contributed by atoms with E-state index in [1.807, 2.05) is 31.2 Å². The van der Waals surface area contributed by atoms with Crippen LogP contribution in [0.25, 0.3) is 0 Å². The van der Waals surface area contributed by atoms with Crippen molar-refractivity contribution in [2.45, 2.75) is 39.4 Å². The number of morpholine rings is 1. The minimum atomic E-state index is 0.102. The van der Waals surface area contributed by atoms with Gasteiger partial charge < -0.3 is 19.1 Å². The van der Waals surface area contributed by atoms with Gasteiger partial charge in [0.1, 0.15) is 44.2 Å². The highest BCUT2D eigenvalue weighted by molar-refractivity contribution is 5.98. The summed E-state index contributed by atoms with van der Waals surface area (Å²) >= 11 is 0. The molecule has 0 saturated carbocycles. The van der Waals surface area contributed by atoms with Crippen LogP contribution in [0.15, 0.2) is 24.3 Å². The van der Waals surface area contributed by atoms with Crippen LogP contribution in [0, 0.1) is 0 Å². The number of hydrogen-bond acceptors (Lipinski definition) is 4. The normalized spacial score (nSPS) is 23.9. The van der Waals surface area contributed by atoms with Crippen molar-refractivity contribution in [3.8, 4) is 5.75 Å². The van der Waals surface area contributed by atoms with Crippen molar-refractivity contribution in [3.05, 3.63) is 29.8 Å². The molecule has 1 heterocycles. The lowest BCUT2D eigenvalue weighted by Crippen LogP contribution is -3.15. The molecule has 0 aliphatic carbocycles. The number of Topliss-reactive ketones (excluding diaryl/α,β-unsaturated/α-hetero) is 1. The molecular formula is C19H30NO4+. The minimum absolute atomic E-state index is 0.102. The van der Waals surface area contributed by atoms with Crippen LogP contribution >= 0.6 is 0 Å². The SMILES string of the molecule is CCC(=O)c1ccccc1OCCOCC[NH+]1C[C@@H](C)O[C@@H](C)C1. The van der Waals surface area contributed by atoms with E-state index < -0.39 is 0 Å². The zero-order valence-electron chi connectivity index (χ0n) is 15.0. The van der Waals surface area contributed by atoms with Crippen molar-refractivity contribution in [1.82, 2.24) is 0 Å². The molecule has 1 N–H and O–H groups in total. The molecule has 0 radical (unpaired) electrons. The number of ether oxygens (including phenoxy) is 3. The molecule has 24 heavy (non-hydrogen) atoms. The average molecular weight is 336 g/mol. The number of ketones is 1. The van der Waals surface area contributed by atoms with Crippen LogP contribution < -0.4 is 9.64 Å². The highest BCUT2D eigenvalue weighted by Gasteiger charge is 2.24. The Hall–Kier alpha value is -1.43. The van der Waals surface area contributed by atoms with Crippen LogP contribution in [0.4, 0.5) is 0 Å². The van der Waals surface area contributed by atoms with Gasteiger partial charge in [-0.25, -0.2) is 0 Å². The summed E-state index contributed by atoms with van der Waals surface area (Å²) in [5.74, 6) is 0.750. The van der Waals surface area contributed by atoms with Crippen molar-refractivity contribution in [2.75, 3.05) is 39.5 Å². The molecule has 1 aliphatic heterocycles. The second-order valence-corrected chi connectivity index (χ2v) is 6.40. The van der Waals surface area contributed by atoms with E-state index in [4.69, 9.17) is 14.2 Å². The van der Waals surface area contributed by atoms with E-state index in [0.717, 1.165) is 19.6 Å². The monoisotopic (exact) mass is 336 g/mol. The molecule has 5 heteroatoms. The van der Waals surface area contributed by atoms with Gasteiger partial charge in [-0.15, -0.1) is 0 Å². The first-order valence-electron chi connectivity index (χ1n) is 8.92. The third-order valence-corrected chi connectivity index (χ3v) is 4.21. The number of carbonyl (C=O) groups is 1. The predicted molar refractivity (Wildman–Crippen MR) is 93.0 cm³/mol. The summed E-state index contributed by atoms with van der Waals surface area (Å²) in [7, 11) is 0. The van der Waals surface area contributed by atoms with Gasteiger partial charge >= 0.3 is 0 Å². The molecule has 3 atom stereocenters. The number of benzene rings is 1. The predicted octanol–water partition coefficient (Wildman–Crippen LogP) is 1.37. The Morgan fingerprint density at radius 2 is 1.88 bits per heavy atom. The number of para-hydroxylation sites is 1. The molecule has 1 fully saturated rings. The molecule has 1 aromatic carbocycles. The summed E-state index contributed by atoms with van der Waals surface area (Å²) < 4.78 is 17.1. The van der Waals surface area contributed by atoms with Crippen LogP contribution in [0.2, 0.25) is 0 Å². The third kappa shape index (κ3) is 5.89. The van der Waals surface area contributed by atoms with E-state index >= 15 is 0 Å². The van der Waals surface area contributed by atoms with Gasteiger partial charge in [0.15, 0.2) is 5.78 Å². The lowest BCUT2D eigenvalue weighted by Gasteiger charge is -2.32. The molecule has 0 aromatic heterocycles. The molecule has 5 nitrogen and oxygen atoms in total. The van der Waals surface area contributed by atoms with Gasteiger partial charge in [0, 0.05) is 6.42 Å². The maximum atomic E-state index is 11.9. The Labute approximate surface area is 144 Å². The van der Waals surface area contributed by atoms with Gasteiger partial charge in [-0.2, -0.15) is 0 Å². The van der Waals surface area contributed by atoms with Crippen LogP contribution in [0.1, 0.15) is 37.6 Å². The van der Waals surface area contributed by atoms with Gasteiger partial charge in [0.2, 0.25) is 0 Å². The van der Waals surface area contributed by atoms with Gasteiger partial charge in [0.25, 0.3) is 0 Å². The minimum Gasteiger partial charge on any atom is -0.490 e. The number of hydrogen-bond donors (Lipinski definition) is 1. The van der Waals surface area contributed by atoms with E-state index in [9.17, 15) is 4.79 Å². The first-order valence-corrected chi connectivity index (χ1v) is 8.92. The quantitative estimate of drug-likeness (QED) is 0.547. The molecular weight excluding hydrogens is 306 g/mol. The second kappa shape index (κ2) is 9.77. The Morgan fingerprint density at radius 1 is 1.17 bits per heavy atom. The molecule has 2 rings (SSSR count). The molecule has 134 valence electrons. The second-order valence-electron chi connectivity index (χ2n) is 6.40. The van der Waals surface area contributed by atoms with E-state index in [-0.39, 0.29) is 5.78 Å². The van der Waals surface area contributed by atoms with E-state index in [2.05, 4.69) is 13.8 Å². The van der Waals surface area contributed by atoms with Gasteiger partial charge in [-0.3, -0.25) is 4.79 Å². The lowest BCUT2D eigenvalue weighted by atomic mass is 10.1. The molecule has 1 saturated heterocycles. The topological polar surface area (TPSA) is 49.2 Å². The molecule has 0 bridgehead atoms. The van der Waals surface area contributed by atoms with E-state index in [1.54, 1.807) is 0 Å². The zero-order valence-corrected chi connectivity index (χ0v) is 15.0. The first-order chi connectivity index (χ1) is 11.6. The largest absolute Gasteiger partial charge is 0.490 e. The number of quaternary nitrogens is 1. The third-order valence-electron chi connectivity index (χ3n) is 4.21. The zero-order chi connectivity index (χ0) is 17.4. The fourth-order valence-corrected chi connectivity index (χ4v) is 3.14. The van der Waals surface area contributed by atoms with Crippen molar-refractivity contribution in [1.29, 1.82) is 0 Å². The van der Waals surface area contributed by atoms with Crippen molar-refractivity contribution in [3.63, 3.8) is 0 Å². The number of carbonyl (C=O) groups excluding carboxylic acids is 1. The van der Waals surface area contributed by atoms with Gasteiger partial charge in [-0.05, 0) is 26.0 Å². The molecule has 1 unspecified atom stereocenters. The molecule has 1 aliphatic rings. The van der Waals surface area contributed by atoms with Crippen molar-refractivity contribution >= 4 is 5.78 Å². The fraction of sp³-hybridized carbons (Fsp3) is 0.632. The van der Waals surface area contributed by atoms with Gasteiger partial charge in [-0.1, -0.05) is 19.1 Å². The van der Waals surface area contributed by atoms with Crippen LogP contribution in [-0.2, 0) is 9.47 Å². The highest BCUT2D eigenvalue weighted by Crippen LogP contribution is 2.19. The van der Waals surface area contributed by atoms with Crippen LogP contribution in [0.3, 0.4) is 0 Å². The summed E-state index contributed by atoms with van der Waals surface area (Å²) in [4.78, 5) is 13.4. The summed E-state index contributed by atoms with van der Waals surface area (Å²) in [6, 6.07) is 7.39. The average Bonchev–Trinajstić information content (AvgIpc) is 2.56. The Kier molecular flexibility index (Phi) is 7.69. The lowest BCUT2D eigenvalue weighted by molar-refractivity contribution is -0.915. The van der Waals surface area contributed by atoms with Crippen molar-refractivity contribution in [2.24, 2.45) is 0 Å². The highest BCUT2D eigenvalue weighted by atomic mass is 16.5. The smallest absolute Gasteiger partial charge is 0.166 e. The summed E-state index contributed by atoms with van der Waals surface area (Å²) in [6.45, 7) is 10.9. The van der Waals surface area contributed by atoms with Crippen LogP contribution in [0.5, 0.6) is 5.75 Å². The number of nitrogens with one attached hydrogen (secondary N) is 1. The van der Waals surface area contributed by atoms with E-state index in [0.29, 0.717) is 49.8 Å². The van der Waals surface area contributed by atoms with Crippen molar-refractivity contribution < 1.29 is 23.9 Å². The Morgan fingerprint density at radius 3 is 2.58 bits per heavy atom. The molecule has 0 spiro atoms. The van der Waals surface area contributed by atoms with Gasteiger partial charge in [0.05, 0.1) is 18.8 Å². The number of rotatable bonds is 9. The summed E-state index contributed by atoms with van der Waals surface area (Å²) in [5.41, 5.74) is 0.653. The standard InChI is InChI=1S/C19H29NO4/c1-4-18(21)17-7-5-6-8-19(17)23-12-11-22-10-9-20-13-15(2)24-16(3)14-20/h5-8,15-16H,4,9-14H2,1-3H3/p+1/t15-,16+. The summed E-state index contributed by atoms with van der Waals surface area (Å²) in [6.07, 6.45) is 1.12. The fourth-order valence-electron chi connectivity index (χ4n) is 3.14. The van der Waals surface area contributed by atoms with Crippen LogP contribution in [-0.4, -0.2) is 57.4 Å². The Balaban J connectivity index is 1.64. The maximum Gasteiger partial charge on any atom is 0.166 e. The van der Waals surface area contributed by atoms with E-state index in [1.165, 1.54) is 4.90 Å². The first kappa shape index (κ1) is 18.9. The molecule has 0 amide bonds.